The molecular formula is C15H34N4. The highest BCUT2D eigenvalue weighted by Crippen LogP contribution is 2.05. The SMILES string of the molecule is CCCC(CN1CCN(CCN(C)C)CC1)NCC. The van der Waals surface area contributed by atoms with Crippen molar-refractivity contribution in [1.82, 2.24) is 20.0 Å². The largest absolute Gasteiger partial charge is 0.313 e. The van der Waals surface area contributed by atoms with E-state index in [1.807, 2.05) is 0 Å². The minimum Gasteiger partial charge on any atom is -0.313 e. The molecule has 4 heteroatoms. The van der Waals surface area contributed by atoms with E-state index in [4.69, 9.17) is 0 Å². The molecule has 1 heterocycles. The second kappa shape index (κ2) is 9.70. The van der Waals surface area contributed by atoms with Gasteiger partial charge in [-0.15, -0.1) is 0 Å². The summed E-state index contributed by atoms with van der Waals surface area (Å²) in [6.45, 7) is 14.1. The number of hydrogen-bond acceptors (Lipinski definition) is 4. The Morgan fingerprint density at radius 2 is 1.68 bits per heavy atom. The van der Waals surface area contributed by atoms with Crippen molar-refractivity contribution < 1.29 is 0 Å². The number of nitrogens with zero attached hydrogens (tertiary/aromatic N) is 3. The molecule has 1 aliphatic heterocycles. The van der Waals surface area contributed by atoms with Crippen LogP contribution in [0, 0.1) is 0 Å². The quantitative estimate of drug-likeness (QED) is 0.673. The molecule has 0 aromatic rings. The lowest BCUT2D eigenvalue weighted by molar-refractivity contribution is 0.116. The highest BCUT2D eigenvalue weighted by Gasteiger charge is 2.19. The van der Waals surface area contributed by atoms with Crippen molar-refractivity contribution in [3.05, 3.63) is 0 Å². The van der Waals surface area contributed by atoms with Gasteiger partial charge in [0, 0.05) is 51.9 Å². The van der Waals surface area contributed by atoms with E-state index in [0.29, 0.717) is 6.04 Å². The summed E-state index contributed by atoms with van der Waals surface area (Å²) >= 11 is 0. The lowest BCUT2D eigenvalue weighted by Gasteiger charge is -2.37. The van der Waals surface area contributed by atoms with Gasteiger partial charge in [0.1, 0.15) is 0 Å². The van der Waals surface area contributed by atoms with E-state index in [0.717, 1.165) is 6.54 Å². The molecule has 0 saturated carbocycles. The van der Waals surface area contributed by atoms with Crippen LogP contribution in [0.1, 0.15) is 26.7 Å². The topological polar surface area (TPSA) is 21.8 Å². The average molecular weight is 270 g/mol. The van der Waals surface area contributed by atoms with E-state index in [1.165, 1.54) is 58.7 Å². The molecule has 1 fully saturated rings. The van der Waals surface area contributed by atoms with Crippen molar-refractivity contribution >= 4 is 0 Å². The number of hydrogen-bond donors (Lipinski definition) is 1. The standard InChI is InChI=1S/C15H34N4/c1-5-7-15(16-6-2)14-19-12-10-18(11-13-19)9-8-17(3)4/h15-16H,5-14H2,1-4H3. The summed E-state index contributed by atoms with van der Waals surface area (Å²) in [7, 11) is 4.31. The molecule has 0 radical (unpaired) electrons. The Hall–Kier alpha value is -0.160. The van der Waals surface area contributed by atoms with Crippen molar-refractivity contribution in [3.63, 3.8) is 0 Å². The van der Waals surface area contributed by atoms with Crippen LogP contribution in [-0.4, -0.2) is 87.2 Å². The molecule has 1 aliphatic rings. The molecule has 0 aromatic carbocycles. The summed E-state index contributed by atoms with van der Waals surface area (Å²) in [6, 6.07) is 0.684. The molecular weight excluding hydrogens is 236 g/mol. The number of rotatable bonds is 9. The predicted octanol–water partition coefficient (Wildman–Crippen LogP) is 0.944. The molecule has 4 nitrogen and oxygen atoms in total. The third-order valence-corrected chi connectivity index (χ3v) is 3.94. The first-order chi connectivity index (χ1) is 9.15. The first kappa shape index (κ1) is 16.9. The van der Waals surface area contributed by atoms with Gasteiger partial charge in [0.05, 0.1) is 0 Å². The van der Waals surface area contributed by atoms with Gasteiger partial charge in [-0.2, -0.15) is 0 Å². The third-order valence-electron chi connectivity index (χ3n) is 3.94. The zero-order chi connectivity index (χ0) is 14.1. The highest BCUT2D eigenvalue weighted by atomic mass is 15.3. The fraction of sp³-hybridized carbons (Fsp3) is 1.00. The van der Waals surface area contributed by atoms with Crippen LogP contribution in [0.3, 0.4) is 0 Å². The summed E-state index contributed by atoms with van der Waals surface area (Å²) in [5, 5.41) is 3.62. The second-order valence-electron chi connectivity index (χ2n) is 5.99. The fourth-order valence-corrected chi connectivity index (χ4v) is 2.74. The smallest absolute Gasteiger partial charge is 0.0194 e. The van der Waals surface area contributed by atoms with Crippen molar-refractivity contribution in [3.8, 4) is 0 Å². The number of nitrogens with one attached hydrogen (secondary N) is 1. The molecule has 0 aliphatic carbocycles. The van der Waals surface area contributed by atoms with Gasteiger partial charge in [0.25, 0.3) is 0 Å². The minimum absolute atomic E-state index is 0.684. The third kappa shape index (κ3) is 7.25. The van der Waals surface area contributed by atoms with Crippen LogP contribution in [0.5, 0.6) is 0 Å². The maximum Gasteiger partial charge on any atom is 0.0194 e. The molecule has 1 unspecified atom stereocenters. The van der Waals surface area contributed by atoms with Crippen LogP contribution in [0.25, 0.3) is 0 Å². The van der Waals surface area contributed by atoms with Gasteiger partial charge in [-0.3, -0.25) is 9.80 Å². The second-order valence-corrected chi connectivity index (χ2v) is 5.99. The Morgan fingerprint density at radius 3 is 2.21 bits per heavy atom. The summed E-state index contributed by atoms with van der Waals surface area (Å²) < 4.78 is 0. The Labute approximate surface area is 120 Å². The molecule has 1 N–H and O–H groups in total. The summed E-state index contributed by atoms with van der Waals surface area (Å²) in [4.78, 5) is 7.50. The first-order valence-corrected chi connectivity index (χ1v) is 7.98. The van der Waals surface area contributed by atoms with Gasteiger partial charge in [-0.1, -0.05) is 20.3 Å². The van der Waals surface area contributed by atoms with Crippen LogP contribution < -0.4 is 5.32 Å². The molecule has 1 rings (SSSR count). The van der Waals surface area contributed by atoms with Gasteiger partial charge in [0.2, 0.25) is 0 Å². The molecule has 0 amide bonds. The Morgan fingerprint density at radius 1 is 1.05 bits per heavy atom. The van der Waals surface area contributed by atoms with Gasteiger partial charge < -0.3 is 10.2 Å². The Kier molecular flexibility index (Phi) is 8.62. The van der Waals surface area contributed by atoms with Crippen LogP contribution in [0.15, 0.2) is 0 Å². The predicted molar refractivity (Wildman–Crippen MR) is 83.8 cm³/mol. The lowest BCUT2D eigenvalue weighted by Crippen LogP contribution is -2.51. The molecule has 1 atom stereocenters. The summed E-state index contributed by atoms with van der Waals surface area (Å²) in [5.41, 5.74) is 0. The van der Waals surface area contributed by atoms with Gasteiger partial charge in [-0.05, 0) is 27.1 Å². The maximum absolute atomic E-state index is 3.62. The van der Waals surface area contributed by atoms with Crippen molar-refractivity contribution in [1.29, 1.82) is 0 Å². The van der Waals surface area contributed by atoms with Crippen molar-refractivity contribution in [2.24, 2.45) is 0 Å². The molecule has 1 saturated heterocycles. The Bertz CT molecular complexity index is 206. The number of piperazine rings is 1. The van der Waals surface area contributed by atoms with Gasteiger partial charge in [0.15, 0.2) is 0 Å². The van der Waals surface area contributed by atoms with Gasteiger partial charge >= 0.3 is 0 Å². The maximum atomic E-state index is 3.62. The van der Waals surface area contributed by atoms with Crippen LogP contribution in [0.4, 0.5) is 0 Å². The molecule has 114 valence electrons. The lowest BCUT2D eigenvalue weighted by atomic mass is 10.1. The number of likely N-dealkylation sites (N-methyl/N-ethyl adjacent to an activating group) is 2. The molecule has 0 aromatic heterocycles. The van der Waals surface area contributed by atoms with Crippen LogP contribution >= 0.6 is 0 Å². The fourth-order valence-electron chi connectivity index (χ4n) is 2.74. The zero-order valence-electron chi connectivity index (χ0n) is 13.5. The average Bonchev–Trinajstić information content (AvgIpc) is 2.38. The summed E-state index contributed by atoms with van der Waals surface area (Å²) in [6.07, 6.45) is 2.58. The van der Waals surface area contributed by atoms with Crippen molar-refractivity contribution in [2.45, 2.75) is 32.7 Å². The van der Waals surface area contributed by atoms with Crippen LogP contribution in [-0.2, 0) is 0 Å². The highest BCUT2D eigenvalue weighted by molar-refractivity contribution is 4.77. The Balaban J connectivity index is 2.21. The van der Waals surface area contributed by atoms with E-state index in [9.17, 15) is 0 Å². The molecule has 0 bridgehead atoms. The normalized spacial score (nSPS) is 20.1. The van der Waals surface area contributed by atoms with Crippen molar-refractivity contribution in [2.75, 3.05) is 66.5 Å². The van der Waals surface area contributed by atoms with E-state index >= 15 is 0 Å². The van der Waals surface area contributed by atoms with Gasteiger partial charge in [-0.25, -0.2) is 0 Å². The van der Waals surface area contributed by atoms with E-state index in [-0.39, 0.29) is 0 Å². The van der Waals surface area contributed by atoms with Crippen LogP contribution in [0.2, 0.25) is 0 Å². The molecule has 0 spiro atoms. The van der Waals surface area contributed by atoms with E-state index in [2.05, 4.69) is 48.0 Å². The molecule has 19 heavy (non-hydrogen) atoms. The summed E-state index contributed by atoms with van der Waals surface area (Å²) in [5.74, 6) is 0. The minimum atomic E-state index is 0.684. The first-order valence-electron chi connectivity index (χ1n) is 7.98. The monoisotopic (exact) mass is 270 g/mol. The zero-order valence-corrected chi connectivity index (χ0v) is 13.5. The van der Waals surface area contributed by atoms with E-state index in [1.54, 1.807) is 0 Å². The van der Waals surface area contributed by atoms with E-state index < -0.39 is 0 Å².